The van der Waals surface area contributed by atoms with E-state index in [-0.39, 0.29) is 18.6 Å². The Morgan fingerprint density at radius 2 is 2.09 bits per heavy atom. The third-order valence-corrected chi connectivity index (χ3v) is 4.43. The standard InChI is InChI=1S/C16H21N3O3/c1-9-7-13(14-10(2)19-22-16(14)17-9)15(21)18-12-5-3-11(8-20)4-6-12/h7,11-12,20H,3-6,8H2,1-2H3,(H,18,21). The summed E-state index contributed by atoms with van der Waals surface area (Å²) in [6.07, 6.45) is 3.73. The van der Waals surface area contributed by atoms with Crippen LogP contribution in [0.25, 0.3) is 11.1 Å². The molecule has 2 aromatic heterocycles. The second-order valence-corrected chi connectivity index (χ2v) is 6.13. The minimum atomic E-state index is -0.103. The highest BCUT2D eigenvalue weighted by Gasteiger charge is 2.24. The lowest BCUT2D eigenvalue weighted by Crippen LogP contribution is -2.38. The Hall–Kier alpha value is -1.95. The number of hydrogen-bond acceptors (Lipinski definition) is 5. The molecule has 22 heavy (non-hydrogen) atoms. The molecule has 0 spiro atoms. The van der Waals surface area contributed by atoms with E-state index in [1.807, 2.05) is 13.8 Å². The van der Waals surface area contributed by atoms with Gasteiger partial charge in [0.2, 0.25) is 0 Å². The lowest BCUT2D eigenvalue weighted by atomic mass is 9.86. The number of hydrogen-bond donors (Lipinski definition) is 2. The van der Waals surface area contributed by atoms with Crippen molar-refractivity contribution in [1.82, 2.24) is 15.5 Å². The Kier molecular flexibility index (Phi) is 4.11. The van der Waals surface area contributed by atoms with Gasteiger partial charge in [0, 0.05) is 18.3 Å². The highest BCUT2D eigenvalue weighted by atomic mass is 16.5. The van der Waals surface area contributed by atoms with Crippen molar-refractivity contribution >= 4 is 17.0 Å². The van der Waals surface area contributed by atoms with Gasteiger partial charge in [0.05, 0.1) is 16.6 Å². The van der Waals surface area contributed by atoms with Gasteiger partial charge in [-0.15, -0.1) is 0 Å². The van der Waals surface area contributed by atoms with Crippen LogP contribution in [0, 0.1) is 19.8 Å². The maximum atomic E-state index is 12.6. The van der Waals surface area contributed by atoms with Crippen LogP contribution < -0.4 is 5.32 Å². The van der Waals surface area contributed by atoms with Gasteiger partial charge in [-0.25, -0.2) is 4.98 Å². The molecule has 0 aliphatic heterocycles. The van der Waals surface area contributed by atoms with E-state index in [4.69, 9.17) is 4.52 Å². The van der Waals surface area contributed by atoms with E-state index < -0.39 is 0 Å². The number of fused-ring (bicyclic) bond motifs is 1. The van der Waals surface area contributed by atoms with Gasteiger partial charge in [-0.05, 0) is 51.5 Å². The summed E-state index contributed by atoms with van der Waals surface area (Å²) in [5, 5.41) is 16.9. The number of nitrogens with one attached hydrogen (secondary N) is 1. The fraction of sp³-hybridized carbons (Fsp3) is 0.562. The first-order valence-electron chi connectivity index (χ1n) is 7.74. The summed E-state index contributed by atoms with van der Waals surface area (Å²) >= 11 is 0. The van der Waals surface area contributed by atoms with Gasteiger partial charge >= 0.3 is 0 Å². The Bertz CT molecular complexity index is 687. The molecule has 3 rings (SSSR count). The van der Waals surface area contributed by atoms with Crippen LogP contribution in [0.15, 0.2) is 10.6 Å². The molecule has 6 nitrogen and oxygen atoms in total. The third-order valence-electron chi connectivity index (χ3n) is 4.43. The minimum Gasteiger partial charge on any atom is -0.396 e. The molecule has 1 saturated carbocycles. The molecule has 2 heterocycles. The van der Waals surface area contributed by atoms with Crippen molar-refractivity contribution in [3.8, 4) is 0 Å². The van der Waals surface area contributed by atoms with E-state index in [1.54, 1.807) is 6.07 Å². The van der Waals surface area contributed by atoms with Crippen molar-refractivity contribution in [2.75, 3.05) is 6.61 Å². The van der Waals surface area contributed by atoms with Crippen molar-refractivity contribution in [2.24, 2.45) is 5.92 Å². The molecule has 0 atom stereocenters. The molecule has 0 aromatic carbocycles. The number of carbonyl (C=O) groups excluding carboxylic acids is 1. The SMILES string of the molecule is Cc1cc(C(=O)NC2CCC(CO)CC2)c2c(C)noc2n1. The maximum Gasteiger partial charge on any atom is 0.258 e. The van der Waals surface area contributed by atoms with Gasteiger partial charge in [0.1, 0.15) is 0 Å². The van der Waals surface area contributed by atoms with E-state index in [2.05, 4.69) is 15.5 Å². The Balaban J connectivity index is 1.79. The summed E-state index contributed by atoms with van der Waals surface area (Å²) in [4.78, 5) is 16.9. The summed E-state index contributed by atoms with van der Waals surface area (Å²) < 4.78 is 5.17. The second kappa shape index (κ2) is 6.04. The largest absolute Gasteiger partial charge is 0.396 e. The van der Waals surface area contributed by atoms with Gasteiger partial charge < -0.3 is 14.9 Å². The number of pyridine rings is 1. The Labute approximate surface area is 128 Å². The fourth-order valence-corrected chi connectivity index (χ4v) is 3.15. The van der Waals surface area contributed by atoms with Crippen LogP contribution in [0.5, 0.6) is 0 Å². The van der Waals surface area contributed by atoms with Gasteiger partial charge in [0.25, 0.3) is 11.6 Å². The fourth-order valence-electron chi connectivity index (χ4n) is 3.15. The lowest BCUT2D eigenvalue weighted by molar-refractivity contribution is 0.0915. The van der Waals surface area contributed by atoms with E-state index in [1.165, 1.54) is 0 Å². The average molecular weight is 303 g/mol. The summed E-state index contributed by atoms with van der Waals surface area (Å²) in [7, 11) is 0. The molecule has 1 amide bonds. The number of aliphatic hydroxyl groups is 1. The molecular weight excluding hydrogens is 282 g/mol. The quantitative estimate of drug-likeness (QED) is 0.906. The molecule has 2 aromatic rings. The number of nitrogens with zero attached hydrogens (tertiary/aromatic N) is 2. The second-order valence-electron chi connectivity index (χ2n) is 6.13. The Morgan fingerprint density at radius 1 is 1.36 bits per heavy atom. The number of rotatable bonds is 3. The Morgan fingerprint density at radius 3 is 2.77 bits per heavy atom. The normalized spacial score (nSPS) is 22.0. The number of carbonyl (C=O) groups is 1. The summed E-state index contributed by atoms with van der Waals surface area (Å²) in [5.41, 5.74) is 2.39. The van der Waals surface area contributed by atoms with Gasteiger partial charge in [-0.2, -0.15) is 0 Å². The minimum absolute atomic E-state index is 0.103. The number of aromatic nitrogens is 2. The highest BCUT2D eigenvalue weighted by Crippen LogP contribution is 2.25. The van der Waals surface area contributed by atoms with Crippen LogP contribution in [0.1, 0.15) is 47.4 Å². The molecule has 0 saturated heterocycles. The first-order chi connectivity index (χ1) is 10.6. The predicted octanol–water partition coefficient (Wildman–Crippen LogP) is 2.12. The van der Waals surface area contributed by atoms with E-state index in [0.29, 0.717) is 28.3 Å². The number of amides is 1. The van der Waals surface area contributed by atoms with Crippen molar-refractivity contribution < 1.29 is 14.4 Å². The summed E-state index contributed by atoms with van der Waals surface area (Å²) in [5.74, 6) is 0.276. The average Bonchev–Trinajstić information content (AvgIpc) is 2.88. The van der Waals surface area contributed by atoms with E-state index >= 15 is 0 Å². The zero-order valence-electron chi connectivity index (χ0n) is 12.9. The predicted molar refractivity (Wildman–Crippen MR) is 81.6 cm³/mol. The molecule has 1 fully saturated rings. The molecular formula is C16H21N3O3. The molecule has 0 radical (unpaired) electrons. The molecule has 1 aliphatic carbocycles. The molecule has 118 valence electrons. The van der Waals surface area contributed by atoms with E-state index in [0.717, 1.165) is 31.4 Å². The molecule has 1 aliphatic rings. The van der Waals surface area contributed by atoms with Crippen LogP contribution in [0.4, 0.5) is 0 Å². The number of aliphatic hydroxyl groups excluding tert-OH is 1. The van der Waals surface area contributed by atoms with Crippen molar-refractivity contribution in [3.05, 3.63) is 23.0 Å². The molecule has 0 bridgehead atoms. The van der Waals surface area contributed by atoms with Gasteiger partial charge in [0.15, 0.2) is 0 Å². The maximum absolute atomic E-state index is 12.6. The monoisotopic (exact) mass is 303 g/mol. The topological polar surface area (TPSA) is 88.2 Å². The molecule has 2 N–H and O–H groups in total. The van der Waals surface area contributed by atoms with Gasteiger partial charge in [-0.1, -0.05) is 5.16 Å². The smallest absolute Gasteiger partial charge is 0.258 e. The molecule has 6 heteroatoms. The lowest BCUT2D eigenvalue weighted by Gasteiger charge is -2.28. The van der Waals surface area contributed by atoms with Crippen LogP contribution in [-0.2, 0) is 0 Å². The first kappa shape index (κ1) is 15.0. The first-order valence-corrected chi connectivity index (χ1v) is 7.74. The van der Waals surface area contributed by atoms with Crippen molar-refractivity contribution in [2.45, 2.75) is 45.6 Å². The van der Waals surface area contributed by atoms with Crippen LogP contribution in [-0.4, -0.2) is 33.8 Å². The summed E-state index contributed by atoms with van der Waals surface area (Å²) in [6, 6.07) is 1.94. The number of aryl methyl sites for hydroxylation is 2. The zero-order valence-corrected chi connectivity index (χ0v) is 12.9. The zero-order chi connectivity index (χ0) is 15.7. The van der Waals surface area contributed by atoms with Crippen molar-refractivity contribution in [3.63, 3.8) is 0 Å². The third kappa shape index (κ3) is 2.83. The van der Waals surface area contributed by atoms with E-state index in [9.17, 15) is 9.90 Å². The van der Waals surface area contributed by atoms with Crippen LogP contribution >= 0.6 is 0 Å². The molecule has 0 unspecified atom stereocenters. The van der Waals surface area contributed by atoms with Crippen molar-refractivity contribution in [1.29, 1.82) is 0 Å². The van der Waals surface area contributed by atoms with Gasteiger partial charge in [-0.3, -0.25) is 4.79 Å². The highest BCUT2D eigenvalue weighted by molar-refractivity contribution is 6.06. The van der Waals surface area contributed by atoms with Crippen LogP contribution in [0.3, 0.4) is 0 Å². The summed E-state index contributed by atoms with van der Waals surface area (Å²) in [6.45, 7) is 3.89. The van der Waals surface area contributed by atoms with Crippen LogP contribution in [0.2, 0.25) is 0 Å².